The van der Waals surface area contributed by atoms with E-state index in [0.717, 1.165) is 6.54 Å². The second kappa shape index (κ2) is 6.25. The largest absolute Gasteiger partial charge is 0.354 e. The van der Waals surface area contributed by atoms with E-state index in [1.54, 1.807) is 0 Å². The van der Waals surface area contributed by atoms with Crippen LogP contribution in [0.5, 0.6) is 0 Å². The summed E-state index contributed by atoms with van der Waals surface area (Å²) in [7, 11) is 0. The number of carbonyl (C=O) groups excluding carboxylic acids is 1. The molecule has 0 heterocycles. The van der Waals surface area contributed by atoms with E-state index < -0.39 is 0 Å². The van der Waals surface area contributed by atoms with E-state index in [9.17, 15) is 4.79 Å². The quantitative estimate of drug-likeness (QED) is 0.804. The average molecular weight is 268 g/mol. The van der Waals surface area contributed by atoms with Crippen LogP contribution in [0.3, 0.4) is 0 Å². The highest BCUT2D eigenvalue weighted by molar-refractivity contribution is 5.76. The zero-order valence-electron chi connectivity index (χ0n) is 13.6. The number of hydrogen-bond donors (Lipinski definition) is 2. The van der Waals surface area contributed by atoms with Gasteiger partial charge in [-0.15, -0.1) is 0 Å². The first kappa shape index (κ1) is 16.5. The topological polar surface area (TPSA) is 41.1 Å². The van der Waals surface area contributed by atoms with Crippen molar-refractivity contribution in [1.29, 1.82) is 0 Å². The highest BCUT2D eigenvalue weighted by atomic mass is 16.1. The fourth-order valence-electron chi connectivity index (χ4n) is 3.77. The summed E-state index contributed by atoms with van der Waals surface area (Å²) in [4.78, 5) is 11.6. The molecule has 0 unspecified atom stereocenters. The molecule has 0 saturated heterocycles. The van der Waals surface area contributed by atoms with Crippen molar-refractivity contribution >= 4 is 5.91 Å². The molecule has 1 saturated carbocycles. The van der Waals surface area contributed by atoms with E-state index in [-0.39, 0.29) is 11.9 Å². The highest BCUT2D eigenvalue weighted by Gasteiger charge is 2.38. The Balaban J connectivity index is 2.35. The van der Waals surface area contributed by atoms with Crippen LogP contribution in [0, 0.1) is 10.8 Å². The maximum atomic E-state index is 11.6. The second-order valence-corrected chi connectivity index (χ2v) is 8.04. The Bertz CT molecular complexity index is 292. The fourth-order valence-corrected chi connectivity index (χ4v) is 3.77. The van der Waals surface area contributed by atoms with Crippen LogP contribution in [0.4, 0.5) is 0 Å². The predicted molar refractivity (Wildman–Crippen MR) is 81.1 cm³/mol. The van der Waals surface area contributed by atoms with Crippen LogP contribution >= 0.6 is 0 Å². The van der Waals surface area contributed by atoms with Crippen molar-refractivity contribution in [2.45, 2.75) is 79.3 Å². The summed E-state index contributed by atoms with van der Waals surface area (Å²) in [6.45, 7) is 14.2. The smallest absolute Gasteiger partial charge is 0.221 e. The van der Waals surface area contributed by atoms with E-state index in [0.29, 0.717) is 23.3 Å². The molecule has 0 aromatic heterocycles. The summed E-state index contributed by atoms with van der Waals surface area (Å²) in [5, 5.41) is 6.51. The molecule has 0 aliphatic heterocycles. The lowest BCUT2D eigenvalue weighted by atomic mass is 9.63. The van der Waals surface area contributed by atoms with Gasteiger partial charge in [-0.3, -0.25) is 4.79 Å². The Labute approximate surface area is 118 Å². The Hall–Kier alpha value is -0.570. The molecule has 0 aromatic rings. The van der Waals surface area contributed by atoms with Gasteiger partial charge in [0.1, 0.15) is 0 Å². The number of amides is 1. The van der Waals surface area contributed by atoms with Gasteiger partial charge >= 0.3 is 0 Å². The maximum absolute atomic E-state index is 11.6. The minimum absolute atomic E-state index is 0.150. The van der Waals surface area contributed by atoms with Crippen LogP contribution in [-0.4, -0.2) is 24.5 Å². The molecule has 0 atom stereocenters. The number of carbonyl (C=O) groups is 1. The molecule has 2 N–H and O–H groups in total. The zero-order valence-corrected chi connectivity index (χ0v) is 13.6. The lowest BCUT2D eigenvalue weighted by Gasteiger charge is -2.45. The SMILES string of the molecule is CC(C)NC(=O)CCNC1CC(C)(C)CC(C)(C)C1. The lowest BCUT2D eigenvalue weighted by molar-refractivity contribution is -0.121. The Morgan fingerprint density at radius 3 is 2.16 bits per heavy atom. The summed E-state index contributed by atoms with van der Waals surface area (Å²) in [5.41, 5.74) is 0.805. The van der Waals surface area contributed by atoms with E-state index in [1.807, 2.05) is 13.8 Å². The minimum atomic E-state index is 0.150. The zero-order chi connectivity index (χ0) is 14.7. The summed E-state index contributed by atoms with van der Waals surface area (Å²) in [5.74, 6) is 0.150. The monoisotopic (exact) mass is 268 g/mol. The molecule has 1 rings (SSSR count). The number of hydrogen-bond acceptors (Lipinski definition) is 2. The van der Waals surface area contributed by atoms with Gasteiger partial charge in [-0.1, -0.05) is 27.7 Å². The summed E-state index contributed by atoms with van der Waals surface area (Å²) >= 11 is 0. The number of nitrogens with one attached hydrogen (secondary N) is 2. The van der Waals surface area contributed by atoms with Crippen molar-refractivity contribution in [3.8, 4) is 0 Å². The molecule has 0 bridgehead atoms. The standard InChI is InChI=1S/C16H32N2O/c1-12(2)18-14(19)7-8-17-13-9-15(3,4)11-16(5,6)10-13/h12-13,17H,7-11H2,1-6H3,(H,18,19). The minimum Gasteiger partial charge on any atom is -0.354 e. The van der Waals surface area contributed by atoms with Crippen molar-refractivity contribution in [3.05, 3.63) is 0 Å². The van der Waals surface area contributed by atoms with Crippen LogP contribution < -0.4 is 10.6 Å². The first-order valence-corrected chi connectivity index (χ1v) is 7.62. The first-order chi connectivity index (χ1) is 8.60. The normalized spacial score (nSPS) is 22.5. The van der Waals surface area contributed by atoms with Gasteiger partial charge in [0.25, 0.3) is 0 Å². The van der Waals surface area contributed by atoms with Crippen molar-refractivity contribution < 1.29 is 4.79 Å². The molecule has 19 heavy (non-hydrogen) atoms. The van der Waals surface area contributed by atoms with Gasteiger partial charge < -0.3 is 10.6 Å². The van der Waals surface area contributed by atoms with Crippen molar-refractivity contribution in [3.63, 3.8) is 0 Å². The van der Waals surface area contributed by atoms with Crippen molar-refractivity contribution in [2.75, 3.05) is 6.54 Å². The highest BCUT2D eigenvalue weighted by Crippen LogP contribution is 2.45. The van der Waals surface area contributed by atoms with E-state index in [2.05, 4.69) is 38.3 Å². The molecule has 0 aromatic carbocycles. The third-order valence-corrected chi connectivity index (χ3v) is 3.79. The van der Waals surface area contributed by atoms with Gasteiger partial charge in [-0.05, 0) is 43.9 Å². The summed E-state index contributed by atoms with van der Waals surface area (Å²) in [6, 6.07) is 0.783. The molecule has 3 nitrogen and oxygen atoms in total. The van der Waals surface area contributed by atoms with Crippen molar-refractivity contribution in [2.24, 2.45) is 10.8 Å². The Morgan fingerprint density at radius 2 is 1.68 bits per heavy atom. The Morgan fingerprint density at radius 1 is 1.16 bits per heavy atom. The molecule has 3 heteroatoms. The lowest BCUT2D eigenvalue weighted by Crippen LogP contribution is -2.45. The van der Waals surface area contributed by atoms with E-state index >= 15 is 0 Å². The van der Waals surface area contributed by atoms with Crippen LogP contribution in [0.25, 0.3) is 0 Å². The van der Waals surface area contributed by atoms with Gasteiger partial charge in [0.2, 0.25) is 5.91 Å². The van der Waals surface area contributed by atoms with Gasteiger partial charge in [-0.2, -0.15) is 0 Å². The summed E-state index contributed by atoms with van der Waals surface area (Å²) < 4.78 is 0. The predicted octanol–water partition coefficient (Wildman–Crippen LogP) is 3.10. The van der Waals surface area contributed by atoms with Crippen LogP contribution in [0.2, 0.25) is 0 Å². The van der Waals surface area contributed by atoms with Crippen LogP contribution in [-0.2, 0) is 4.79 Å². The van der Waals surface area contributed by atoms with Gasteiger partial charge in [0.15, 0.2) is 0 Å². The first-order valence-electron chi connectivity index (χ1n) is 7.62. The molecular weight excluding hydrogens is 236 g/mol. The van der Waals surface area contributed by atoms with E-state index in [1.165, 1.54) is 19.3 Å². The summed E-state index contributed by atoms with van der Waals surface area (Å²) in [6.07, 6.45) is 4.28. The Kier molecular flexibility index (Phi) is 5.43. The van der Waals surface area contributed by atoms with Crippen LogP contribution in [0.15, 0.2) is 0 Å². The van der Waals surface area contributed by atoms with Gasteiger partial charge in [-0.25, -0.2) is 0 Å². The van der Waals surface area contributed by atoms with Crippen LogP contribution in [0.1, 0.15) is 67.2 Å². The third-order valence-electron chi connectivity index (χ3n) is 3.79. The molecule has 0 radical (unpaired) electrons. The van der Waals surface area contributed by atoms with Crippen molar-refractivity contribution in [1.82, 2.24) is 10.6 Å². The molecule has 1 aliphatic rings. The van der Waals surface area contributed by atoms with Gasteiger partial charge in [0.05, 0.1) is 0 Å². The number of rotatable bonds is 5. The molecule has 112 valence electrons. The molecule has 1 amide bonds. The maximum Gasteiger partial charge on any atom is 0.221 e. The van der Waals surface area contributed by atoms with Gasteiger partial charge in [0, 0.05) is 25.0 Å². The second-order valence-electron chi connectivity index (χ2n) is 8.04. The molecule has 0 spiro atoms. The van der Waals surface area contributed by atoms with E-state index in [4.69, 9.17) is 0 Å². The molecule has 1 fully saturated rings. The molecular formula is C16H32N2O. The molecule has 1 aliphatic carbocycles. The third kappa shape index (κ3) is 6.42. The fraction of sp³-hybridized carbons (Fsp3) is 0.938. The average Bonchev–Trinajstić information content (AvgIpc) is 2.10.